The molecule has 0 radical (unpaired) electrons. The zero-order chi connectivity index (χ0) is 16.9. The topological polar surface area (TPSA) is 58.6 Å². The SMILES string of the molecule is O=C(CCN1C(=O)COc2ccccc21)NCc1cccc(Cl)c1. The maximum Gasteiger partial charge on any atom is 0.265 e. The van der Waals surface area contributed by atoms with Crippen molar-refractivity contribution in [1.82, 2.24) is 5.32 Å². The van der Waals surface area contributed by atoms with Crippen molar-refractivity contribution in [3.8, 4) is 5.75 Å². The summed E-state index contributed by atoms with van der Waals surface area (Å²) < 4.78 is 5.39. The average molecular weight is 345 g/mol. The van der Waals surface area contributed by atoms with E-state index in [0.29, 0.717) is 29.5 Å². The van der Waals surface area contributed by atoms with Crippen LogP contribution in [0.1, 0.15) is 12.0 Å². The highest BCUT2D eigenvalue weighted by molar-refractivity contribution is 6.30. The molecule has 0 spiro atoms. The normalized spacial score (nSPS) is 13.2. The van der Waals surface area contributed by atoms with Crippen LogP contribution in [0.15, 0.2) is 48.5 Å². The number of hydrogen-bond acceptors (Lipinski definition) is 3. The third-order valence-corrected chi connectivity index (χ3v) is 3.98. The monoisotopic (exact) mass is 344 g/mol. The van der Waals surface area contributed by atoms with Crippen molar-refractivity contribution in [2.75, 3.05) is 18.1 Å². The molecule has 6 heteroatoms. The summed E-state index contributed by atoms with van der Waals surface area (Å²) in [5.41, 5.74) is 1.64. The van der Waals surface area contributed by atoms with Gasteiger partial charge in [-0.2, -0.15) is 0 Å². The fourth-order valence-corrected chi connectivity index (χ4v) is 2.76. The number of benzene rings is 2. The lowest BCUT2D eigenvalue weighted by atomic mass is 10.2. The first-order chi connectivity index (χ1) is 11.6. The smallest absolute Gasteiger partial charge is 0.265 e. The van der Waals surface area contributed by atoms with E-state index in [1.807, 2.05) is 42.5 Å². The van der Waals surface area contributed by atoms with E-state index in [4.69, 9.17) is 16.3 Å². The van der Waals surface area contributed by atoms with Crippen LogP contribution in [-0.2, 0) is 16.1 Å². The molecule has 24 heavy (non-hydrogen) atoms. The number of nitrogens with zero attached hydrogens (tertiary/aromatic N) is 1. The summed E-state index contributed by atoms with van der Waals surface area (Å²) in [6, 6.07) is 14.7. The first-order valence-electron chi connectivity index (χ1n) is 7.67. The Morgan fingerprint density at radius 3 is 2.88 bits per heavy atom. The molecule has 1 heterocycles. The van der Waals surface area contributed by atoms with E-state index < -0.39 is 0 Å². The van der Waals surface area contributed by atoms with Crippen LogP contribution in [0.4, 0.5) is 5.69 Å². The molecule has 2 amide bonds. The summed E-state index contributed by atoms with van der Waals surface area (Å²) in [5, 5.41) is 3.47. The minimum Gasteiger partial charge on any atom is -0.482 e. The number of rotatable bonds is 5. The molecule has 0 aromatic heterocycles. The number of fused-ring (bicyclic) bond motifs is 1. The summed E-state index contributed by atoms with van der Waals surface area (Å²) in [6.45, 7) is 0.731. The quantitative estimate of drug-likeness (QED) is 0.907. The zero-order valence-electron chi connectivity index (χ0n) is 13.0. The summed E-state index contributed by atoms with van der Waals surface area (Å²) in [5.74, 6) is 0.402. The molecule has 2 aromatic rings. The molecule has 124 valence electrons. The third kappa shape index (κ3) is 3.86. The number of amides is 2. The van der Waals surface area contributed by atoms with E-state index in [9.17, 15) is 9.59 Å². The number of ether oxygens (including phenoxy) is 1. The lowest BCUT2D eigenvalue weighted by Gasteiger charge is -2.29. The maximum atomic E-state index is 12.0. The van der Waals surface area contributed by atoms with E-state index >= 15 is 0 Å². The molecular weight excluding hydrogens is 328 g/mol. The lowest BCUT2D eigenvalue weighted by Crippen LogP contribution is -2.41. The molecule has 0 saturated carbocycles. The van der Waals surface area contributed by atoms with Crippen LogP contribution in [-0.4, -0.2) is 25.0 Å². The maximum absolute atomic E-state index is 12.0. The van der Waals surface area contributed by atoms with Crippen LogP contribution < -0.4 is 15.0 Å². The fourth-order valence-electron chi connectivity index (χ4n) is 2.55. The number of para-hydroxylation sites is 2. The number of hydrogen-bond donors (Lipinski definition) is 1. The van der Waals surface area contributed by atoms with Gasteiger partial charge in [0, 0.05) is 24.5 Å². The van der Waals surface area contributed by atoms with Crippen LogP contribution in [0, 0.1) is 0 Å². The first-order valence-corrected chi connectivity index (χ1v) is 8.04. The first kappa shape index (κ1) is 16.3. The number of carbonyl (C=O) groups is 2. The molecule has 0 aliphatic carbocycles. The van der Waals surface area contributed by atoms with E-state index in [-0.39, 0.29) is 24.8 Å². The van der Waals surface area contributed by atoms with Gasteiger partial charge in [0.05, 0.1) is 5.69 Å². The Labute approximate surface area is 145 Å². The molecule has 0 fully saturated rings. The third-order valence-electron chi connectivity index (χ3n) is 3.75. The minimum atomic E-state index is -0.142. The Morgan fingerprint density at radius 1 is 1.21 bits per heavy atom. The van der Waals surface area contributed by atoms with Crippen LogP contribution in [0.2, 0.25) is 5.02 Å². The molecule has 0 bridgehead atoms. The van der Waals surface area contributed by atoms with Crippen molar-refractivity contribution < 1.29 is 14.3 Å². The van der Waals surface area contributed by atoms with Crippen molar-refractivity contribution in [3.05, 3.63) is 59.1 Å². The predicted octanol–water partition coefficient (Wildman–Crippen LogP) is 2.77. The van der Waals surface area contributed by atoms with Crippen molar-refractivity contribution >= 4 is 29.1 Å². The van der Waals surface area contributed by atoms with Crippen LogP contribution in [0.3, 0.4) is 0 Å². The van der Waals surface area contributed by atoms with Gasteiger partial charge in [-0.05, 0) is 29.8 Å². The molecule has 1 aliphatic heterocycles. The molecule has 0 saturated heterocycles. The second kappa shape index (κ2) is 7.36. The Morgan fingerprint density at radius 2 is 2.04 bits per heavy atom. The molecule has 0 unspecified atom stereocenters. The van der Waals surface area contributed by atoms with Gasteiger partial charge in [0.1, 0.15) is 5.75 Å². The number of halogens is 1. The molecule has 0 atom stereocenters. The average Bonchev–Trinajstić information content (AvgIpc) is 2.59. The molecular formula is C18H17ClN2O3. The summed E-state index contributed by atoms with van der Waals surface area (Å²) in [4.78, 5) is 25.7. The van der Waals surface area contributed by atoms with Gasteiger partial charge in [0.2, 0.25) is 5.91 Å². The second-order valence-corrected chi connectivity index (χ2v) is 5.89. The van der Waals surface area contributed by atoms with E-state index in [1.54, 1.807) is 11.0 Å². The van der Waals surface area contributed by atoms with Crippen molar-refractivity contribution in [1.29, 1.82) is 0 Å². The number of carbonyl (C=O) groups excluding carboxylic acids is 2. The predicted molar refractivity (Wildman–Crippen MR) is 92.2 cm³/mol. The molecule has 3 rings (SSSR count). The Hall–Kier alpha value is -2.53. The Kier molecular flexibility index (Phi) is 5.01. The van der Waals surface area contributed by atoms with Gasteiger partial charge in [0.15, 0.2) is 6.61 Å². The van der Waals surface area contributed by atoms with Crippen LogP contribution in [0.25, 0.3) is 0 Å². The second-order valence-electron chi connectivity index (χ2n) is 5.46. The van der Waals surface area contributed by atoms with E-state index in [1.165, 1.54) is 0 Å². The summed E-state index contributed by atoms with van der Waals surface area (Å²) in [7, 11) is 0. The molecule has 2 aromatic carbocycles. The largest absolute Gasteiger partial charge is 0.482 e. The zero-order valence-corrected chi connectivity index (χ0v) is 13.8. The Bertz CT molecular complexity index is 763. The van der Waals surface area contributed by atoms with Crippen molar-refractivity contribution in [2.45, 2.75) is 13.0 Å². The molecule has 5 nitrogen and oxygen atoms in total. The van der Waals surface area contributed by atoms with Gasteiger partial charge < -0.3 is 15.0 Å². The Balaban J connectivity index is 1.55. The highest BCUT2D eigenvalue weighted by Gasteiger charge is 2.25. The van der Waals surface area contributed by atoms with E-state index in [0.717, 1.165) is 5.56 Å². The molecule has 1 aliphatic rings. The van der Waals surface area contributed by atoms with Gasteiger partial charge in [-0.3, -0.25) is 9.59 Å². The standard InChI is InChI=1S/C18H17ClN2O3/c19-14-5-3-4-13(10-14)11-20-17(22)8-9-21-15-6-1-2-7-16(15)24-12-18(21)23/h1-7,10H,8-9,11-12H2,(H,20,22). The van der Waals surface area contributed by atoms with Gasteiger partial charge in [-0.1, -0.05) is 35.9 Å². The van der Waals surface area contributed by atoms with Crippen LogP contribution >= 0.6 is 11.6 Å². The minimum absolute atomic E-state index is 0.00114. The highest BCUT2D eigenvalue weighted by Crippen LogP contribution is 2.31. The number of anilines is 1. The summed E-state index contributed by atoms with van der Waals surface area (Å²) in [6.07, 6.45) is 0.223. The van der Waals surface area contributed by atoms with Crippen molar-refractivity contribution in [3.63, 3.8) is 0 Å². The van der Waals surface area contributed by atoms with E-state index in [2.05, 4.69) is 5.32 Å². The summed E-state index contributed by atoms with van der Waals surface area (Å²) >= 11 is 5.92. The van der Waals surface area contributed by atoms with Gasteiger partial charge in [0.25, 0.3) is 5.91 Å². The highest BCUT2D eigenvalue weighted by atomic mass is 35.5. The van der Waals surface area contributed by atoms with Gasteiger partial charge >= 0.3 is 0 Å². The van der Waals surface area contributed by atoms with Gasteiger partial charge in [-0.25, -0.2) is 0 Å². The lowest BCUT2D eigenvalue weighted by molar-refractivity contribution is -0.122. The van der Waals surface area contributed by atoms with Crippen LogP contribution in [0.5, 0.6) is 5.75 Å². The van der Waals surface area contributed by atoms with Crippen molar-refractivity contribution in [2.24, 2.45) is 0 Å². The molecule has 1 N–H and O–H groups in total. The number of nitrogens with one attached hydrogen (secondary N) is 1. The van der Waals surface area contributed by atoms with Gasteiger partial charge in [-0.15, -0.1) is 0 Å². The fraction of sp³-hybridized carbons (Fsp3) is 0.222.